The second-order valence-electron chi connectivity index (χ2n) is 4.71. The Morgan fingerprint density at radius 2 is 2.25 bits per heavy atom. The molecule has 16 heavy (non-hydrogen) atoms. The molecule has 0 saturated heterocycles. The first-order valence-electron chi connectivity index (χ1n) is 6.32. The number of hydrogen-bond donors (Lipinski definition) is 1. The number of aryl methyl sites for hydroxylation is 1. The molecular weight excluding hydrogens is 196 g/mol. The Hall–Kier alpha value is -1.18. The Morgan fingerprint density at radius 3 is 3.00 bits per heavy atom. The summed E-state index contributed by atoms with van der Waals surface area (Å²) in [7, 11) is 2.19. The normalized spacial score (nSPS) is 16.2. The first kappa shape index (κ1) is 11.3. The van der Waals surface area contributed by atoms with Crippen LogP contribution >= 0.6 is 0 Å². The Balaban J connectivity index is 2.33. The van der Waals surface area contributed by atoms with Gasteiger partial charge in [0.1, 0.15) is 0 Å². The van der Waals surface area contributed by atoms with E-state index in [4.69, 9.17) is 0 Å². The van der Waals surface area contributed by atoms with E-state index < -0.39 is 0 Å². The Morgan fingerprint density at radius 1 is 1.44 bits per heavy atom. The lowest BCUT2D eigenvalue weighted by Gasteiger charge is -2.31. The highest BCUT2D eigenvalue weighted by molar-refractivity contribution is 5.74. The summed E-state index contributed by atoms with van der Waals surface area (Å²) in [4.78, 5) is 2.39. The fraction of sp³-hybridized carbons (Fsp3) is 0.571. The van der Waals surface area contributed by atoms with Crippen molar-refractivity contribution in [3.05, 3.63) is 23.8 Å². The van der Waals surface area contributed by atoms with Gasteiger partial charge in [-0.05, 0) is 37.8 Å². The molecule has 1 aliphatic rings. The number of benzene rings is 1. The average molecular weight is 218 g/mol. The number of para-hydroxylation sites is 1. The van der Waals surface area contributed by atoms with Crippen molar-refractivity contribution in [2.75, 3.05) is 23.8 Å². The van der Waals surface area contributed by atoms with Gasteiger partial charge in [0.05, 0.1) is 11.4 Å². The van der Waals surface area contributed by atoms with Crippen LogP contribution in [0, 0.1) is 0 Å². The van der Waals surface area contributed by atoms with Gasteiger partial charge in [0, 0.05) is 19.6 Å². The van der Waals surface area contributed by atoms with Crippen molar-refractivity contribution in [1.29, 1.82) is 0 Å². The summed E-state index contributed by atoms with van der Waals surface area (Å²) in [6.45, 7) is 5.63. The van der Waals surface area contributed by atoms with Gasteiger partial charge in [-0.25, -0.2) is 0 Å². The number of rotatable bonds is 3. The lowest BCUT2D eigenvalue weighted by molar-refractivity contribution is 0.663. The molecule has 0 amide bonds. The Bertz CT molecular complexity index is 360. The summed E-state index contributed by atoms with van der Waals surface area (Å²) >= 11 is 0. The van der Waals surface area contributed by atoms with E-state index in [1.807, 2.05) is 0 Å². The van der Waals surface area contributed by atoms with Gasteiger partial charge in [0.15, 0.2) is 0 Å². The van der Waals surface area contributed by atoms with E-state index in [0.717, 1.165) is 6.54 Å². The Kier molecular flexibility index (Phi) is 3.37. The average Bonchev–Trinajstić information content (AvgIpc) is 2.36. The molecule has 1 aliphatic heterocycles. The van der Waals surface area contributed by atoms with Crippen LogP contribution in [0.5, 0.6) is 0 Å². The highest BCUT2D eigenvalue weighted by Crippen LogP contribution is 2.33. The third kappa shape index (κ3) is 2.01. The smallest absolute Gasteiger partial charge is 0.0610 e. The van der Waals surface area contributed by atoms with Crippen molar-refractivity contribution in [3.63, 3.8) is 0 Å². The van der Waals surface area contributed by atoms with Crippen molar-refractivity contribution in [2.24, 2.45) is 0 Å². The lowest BCUT2D eigenvalue weighted by atomic mass is 10.0. The molecule has 0 saturated carbocycles. The van der Waals surface area contributed by atoms with Crippen molar-refractivity contribution in [2.45, 2.75) is 39.2 Å². The zero-order valence-electron chi connectivity index (χ0n) is 10.6. The van der Waals surface area contributed by atoms with E-state index >= 15 is 0 Å². The van der Waals surface area contributed by atoms with Crippen LogP contribution in [0.1, 0.15) is 32.3 Å². The van der Waals surface area contributed by atoms with E-state index in [1.54, 1.807) is 0 Å². The first-order chi connectivity index (χ1) is 7.74. The molecule has 1 aromatic carbocycles. The summed E-state index contributed by atoms with van der Waals surface area (Å²) in [5.74, 6) is 0. The fourth-order valence-electron chi connectivity index (χ4n) is 2.30. The van der Waals surface area contributed by atoms with Gasteiger partial charge in [0.25, 0.3) is 0 Å². The van der Waals surface area contributed by atoms with Crippen molar-refractivity contribution >= 4 is 11.4 Å². The maximum absolute atomic E-state index is 3.55. The number of fused-ring (bicyclic) bond motifs is 1. The minimum absolute atomic E-state index is 0.593. The SMILES string of the molecule is CCC(C)N(C)c1cccc2c1NCCC2. The standard InChI is InChI=1S/C14H22N2/c1-4-11(2)16(3)13-9-5-7-12-8-6-10-15-14(12)13/h5,7,9,11,15H,4,6,8,10H2,1-3H3. The molecule has 2 rings (SSSR count). The van der Waals surface area contributed by atoms with Crippen LogP contribution in [0.4, 0.5) is 11.4 Å². The van der Waals surface area contributed by atoms with Crippen LogP contribution < -0.4 is 10.2 Å². The molecule has 2 nitrogen and oxygen atoms in total. The van der Waals surface area contributed by atoms with Gasteiger partial charge in [0.2, 0.25) is 0 Å². The highest BCUT2D eigenvalue weighted by Gasteiger charge is 2.16. The van der Waals surface area contributed by atoms with E-state index in [2.05, 4.69) is 49.3 Å². The molecule has 1 aromatic rings. The second-order valence-corrected chi connectivity index (χ2v) is 4.71. The second kappa shape index (κ2) is 4.77. The van der Waals surface area contributed by atoms with Crippen LogP contribution in [-0.4, -0.2) is 19.6 Å². The molecule has 2 heteroatoms. The van der Waals surface area contributed by atoms with Gasteiger partial charge in [-0.1, -0.05) is 19.1 Å². The number of hydrogen-bond acceptors (Lipinski definition) is 2. The van der Waals surface area contributed by atoms with Crippen molar-refractivity contribution in [1.82, 2.24) is 0 Å². The highest BCUT2D eigenvalue weighted by atomic mass is 15.1. The zero-order valence-corrected chi connectivity index (χ0v) is 10.6. The first-order valence-corrected chi connectivity index (χ1v) is 6.32. The molecule has 0 radical (unpaired) electrons. The third-order valence-electron chi connectivity index (χ3n) is 3.69. The molecular formula is C14H22N2. The lowest BCUT2D eigenvalue weighted by Crippen LogP contribution is -2.29. The molecule has 88 valence electrons. The van der Waals surface area contributed by atoms with Crippen molar-refractivity contribution < 1.29 is 0 Å². The zero-order chi connectivity index (χ0) is 11.5. The van der Waals surface area contributed by atoms with Crippen LogP contribution in [0.25, 0.3) is 0 Å². The van der Waals surface area contributed by atoms with Crippen molar-refractivity contribution in [3.8, 4) is 0 Å². The minimum atomic E-state index is 0.593. The Labute approximate surface area is 98.7 Å². The molecule has 1 heterocycles. The summed E-state index contributed by atoms with van der Waals surface area (Å²) < 4.78 is 0. The minimum Gasteiger partial charge on any atom is -0.383 e. The largest absolute Gasteiger partial charge is 0.383 e. The predicted octanol–water partition coefficient (Wildman–Crippen LogP) is 3.28. The maximum Gasteiger partial charge on any atom is 0.0610 e. The quantitative estimate of drug-likeness (QED) is 0.837. The summed E-state index contributed by atoms with van der Waals surface area (Å²) in [6, 6.07) is 7.24. The van der Waals surface area contributed by atoms with Gasteiger partial charge in [-0.3, -0.25) is 0 Å². The number of nitrogens with zero attached hydrogens (tertiary/aromatic N) is 1. The topological polar surface area (TPSA) is 15.3 Å². The van der Waals surface area contributed by atoms with E-state index in [1.165, 1.54) is 36.2 Å². The molecule has 1 N–H and O–H groups in total. The van der Waals surface area contributed by atoms with E-state index in [9.17, 15) is 0 Å². The maximum atomic E-state index is 3.55. The van der Waals surface area contributed by atoms with Crippen LogP contribution in [0.3, 0.4) is 0 Å². The molecule has 0 fully saturated rings. The van der Waals surface area contributed by atoms with Crippen LogP contribution in [-0.2, 0) is 6.42 Å². The molecule has 0 aliphatic carbocycles. The molecule has 0 bridgehead atoms. The summed E-state index contributed by atoms with van der Waals surface area (Å²) in [5.41, 5.74) is 4.18. The molecule has 1 unspecified atom stereocenters. The van der Waals surface area contributed by atoms with E-state index in [0.29, 0.717) is 6.04 Å². The summed E-state index contributed by atoms with van der Waals surface area (Å²) in [5, 5.41) is 3.55. The predicted molar refractivity (Wildman–Crippen MR) is 71.4 cm³/mol. The van der Waals surface area contributed by atoms with Gasteiger partial charge < -0.3 is 10.2 Å². The molecule has 0 spiro atoms. The number of anilines is 2. The van der Waals surface area contributed by atoms with Crippen LogP contribution in [0.15, 0.2) is 18.2 Å². The molecule has 0 aromatic heterocycles. The molecule has 1 atom stereocenters. The van der Waals surface area contributed by atoms with Gasteiger partial charge >= 0.3 is 0 Å². The fourth-order valence-corrected chi connectivity index (χ4v) is 2.30. The summed E-state index contributed by atoms with van der Waals surface area (Å²) in [6.07, 6.45) is 3.65. The third-order valence-corrected chi connectivity index (χ3v) is 3.69. The van der Waals surface area contributed by atoms with Gasteiger partial charge in [-0.2, -0.15) is 0 Å². The van der Waals surface area contributed by atoms with E-state index in [-0.39, 0.29) is 0 Å². The number of nitrogens with one attached hydrogen (secondary N) is 1. The van der Waals surface area contributed by atoms with Crippen LogP contribution in [0.2, 0.25) is 0 Å². The monoisotopic (exact) mass is 218 g/mol. The van der Waals surface area contributed by atoms with Gasteiger partial charge in [-0.15, -0.1) is 0 Å².